The Morgan fingerprint density at radius 3 is 2.78 bits per heavy atom. The first kappa shape index (κ1) is 15.5. The van der Waals surface area contributed by atoms with Gasteiger partial charge in [0, 0.05) is 18.0 Å². The summed E-state index contributed by atoms with van der Waals surface area (Å²) in [6.45, 7) is 0.608. The van der Waals surface area contributed by atoms with E-state index in [1.54, 1.807) is 18.2 Å². The van der Waals surface area contributed by atoms with Gasteiger partial charge in [-0.15, -0.1) is 0 Å². The Bertz CT molecular complexity index is 657. The van der Waals surface area contributed by atoms with Crippen LogP contribution in [0.2, 0.25) is 0 Å². The van der Waals surface area contributed by atoms with Crippen LogP contribution in [0.4, 0.5) is 0 Å². The number of hydrogen-bond donors (Lipinski definition) is 1. The van der Waals surface area contributed by atoms with E-state index in [-0.39, 0.29) is 6.04 Å². The minimum atomic E-state index is -1.28. The molecule has 1 amide bonds. The van der Waals surface area contributed by atoms with Crippen molar-refractivity contribution in [3.8, 4) is 11.8 Å². The van der Waals surface area contributed by atoms with Crippen molar-refractivity contribution >= 4 is 11.7 Å². The number of carbonyl (C=O) groups is 2. The molecule has 0 radical (unpaired) electrons. The highest BCUT2D eigenvalue weighted by Gasteiger charge is 2.30. The molecule has 1 aromatic carbocycles. The largest absolute Gasteiger partial charge is 0.493 e. The Morgan fingerprint density at radius 2 is 2.04 bits per heavy atom. The fourth-order valence-corrected chi connectivity index (χ4v) is 3.27. The maximum atomic E-state index is 12.5. The fourth-order valence-electron chi connectivity index (χ4n) is 3.27. The molecule has 1 aromatic rings. The average Bonchev–Trinajstić information content (AvgIpc) is 3.04. The fraction of sp³-hybridized carbons (Fsp3) is 0.500. The number of nitrogens with zero attached hydrogens (tertiary/aromatic N) is 1. The molecule has 1 atom stereocenters. The van der Waals surface area contributed by atoms with Crippen LogP contribution in [0.5, 0.6) is 5.75 Å². The van der Waals surface area contributed by atoms with E-state index in [0.717, 1.165) is 43.4 Å². The van der Waals surface area contributed by atoms with Gasteiger partial charge in [-0.05, 0) is 36.6 Å². The number of ether oxygens (including phenoxy) is 1. The number of hydrogen-bond acceptors (Lipinski definition) is 4. The van der Waals surface area contributed by atoms with Crippen molar-refractivity contribution in [2.45, 2.75) is 44.6 Å². The average molecular weight is 312 g/mol. The Balaban J connectivity index is 1.70. The van der Waals surface area contributed by atoms with Crippen molar-refractivity contribution in [1.82, 2.24) is 5.32 Å². The zero-order chi connectivity index (χ0) is 16.2. The van der Waals surface area contributed by atoms with Crippen molar-refractivity contribution < 1.29 is 14.3 Å². The lowest BCUT2D eigenvalue weighted by molar-refractivity contribution is -0.123. The number of rotatable bonds is 4. The number of nitrogens with one attached hydrogen (secondary N) is 1. The molecule has 1 N–H and O–H groups in total. The first-order chi connectivity index (χ1) is 11.2. The zero-order valence-electron chi connectivity index (χ0n) is 13.0. The van der Waals surface area contributed by atoms with Crippen LogP contribution in [-0.2, 0) is 11.2 Å². The second-order valence-corrected chi connectivity index (χ2v) is 6.19. The summed E-state index contributed by atoms with van der Waals surface area (Å²) in [7, 11) is 0. The lowest BCUT2D eigenvalue weighted by Gasteiger charge is -2.23. The maximum Gasteiger partial charge on any atom is 0.245 e. The van der Waals surface area contributed by atoms with Gasteiger partial charge in [-0.2, -0.15) is 5.26 Å². The first-order valence-corrected chi connectivity index (χ1v) is 8.19. The van der Waals surface area contributed by atoms with Gasteiger partial charge in [0.05, 0.1) is 12.7 Å². The van der Waals surface area contributed by atoms with E-state index < -0.39 is 17.6 Å². The van der Waals surface area contributed by atoms with Crippen molar-refractivity contribution in [3.05, 3.63) is 29.3 Å². The molecule has 0 bridgehead atoms. The van der Waals surface area contributed by atoms with E-state index in [1.807, 2.05) is 6.07 Å². The van der Waals surface area contributed by atoms with Crippen molar-refractivity contribution in [1.29, 1.82) is 5.26 Å². The Labute approximate surface area is 135 Å². The maximum absolute atomic E-state index is 12.5. The van der Waals surface area contributed by atoms with Gasteiger partial charge in [0.1, 0.15) is 5.75 Å². The summed E-state index contributed by atoms with van der Waals surface area (Å²) in [5.74, 6) is -1.41. The third kappa shape index (κ3) is 3.37. The predicted molar refractivity (Wildman–Crippen MR) is 84.1 cm³/mol. The van der Waals surface area contributed by atoms with Crippen LogP contribution in [0.15, 0.2) is 18.2 Å². The van der Waals surface area contributed by atoms with Gasteiger partial charge >= 0.3 is 0 Å². The number of carbonyl (C=O) groups excluding carboxylic acids is 2. The van der Waals surface area contributed by atoms with Gasteiger partial charge in [-0.25, -0.2) is 0 Å². The van der Waals surface area contributed by atoms with Crippen LogP contribution in [0.3, 0.4) is 0 Å². The molecule has 5 heteroatoms. The van der Waals surface area contributed by atoms with Gasteiger partial charge in [0.25, 0.3) is 0 Å². The molecule has 0 saturated heterocycles. The zero-order valence-corrected chi connectivity index (χ0v) is 13.0. The number of Topliss-reactive ketones (excluding diaryl/α,β-unsaturated/α-hetero) is 1. The van der Waals surface area contributed by atoms with Gasteiger partial charge in [-0.3, -0.25) is 9.59 Å². The summed E-state index contributed by atoms with van der Waals surface area (Å²) >= 11 is 0. The minimum Gasteiger partial charge on any atom is -0.493 e. The Morgan fingerprint density at radius 1 is 1.26 bits per heavy atom. The topological polar surface area (TPSA) is 79.2 Å². The number of amides is 1. The van der Waals surface area contributed by atoms with Crippen molar-refractivity contribution in [2.24, 2.45) is 5.92 Å². The van der Waals surface area contributed by atoms with Gasteiger partial charge in [0.15, 0.2) is 11.7 Å². The summed E-state index contributed by atoms with van der Waals surface area (Å²) in [6.07, 6.45) is 5.95. The highest BCUT2D eigenvalue weighted by atomic mass is 16.5. The first-order valence-electron chi connectivity index (χ1n) is 8.19. The Hall–Kier alpha value is -2.35. The smallest absolute Gasteiger partial charge is 0.245 e. The number of benzene rings is 1. The normalized spacial score (nSPS) is 18.4. The molecule has 0 spiro atoms. The molecule has 5 nitrogen and oxygen atoms in total. The third-order valence-corrected chi connectivity index (χ3v) is 4.58. The lowest BCUT2D eigenvalue weighted by atomic mass is 9.93. The van der Waals surface area contributed by atoms with Crippen molar-refractivity contribution in [2.75, 3.05) is 6.61 Å². The number of fused-ring (bicyclic) bond motifs is 1. The molecule has 3 rings (SSSR count). The Kier molecular flexibility index (Phi) is 4.61. The number of nitriles is 1. The molecule has 1 heterocycles. The van der Waals surface area contributed by atoms with E-state index in [2.05, 4.69) is 5.32 Å². The summed E-state index contributed by atoms with van der Waals surface area (Å²) in [6, 6.07) is 7.06. The van der Waals surface area contributed by atoms with Crippen LogP contribution >= 0.6 is 0 Å². The summed E-state index contributed by atoms with van der Waals surface area (Å²) in [4.78, 5) is 24.8. The van der Waals surface area contributed by atoms with Crippen LogP contribution in [-0.4, -0.2) is 24.3 Å². The van der Waals surface area contributed by atoms with Crippen LogP contribution in [0.1, 0.15) is 48.0 Å². The van der Waals surface area contributed by atoms with Crippen molar-refractivity contribution in [3.63, 3.8) is 0 Å². The molecule has 1 aliphatic carbocycles. The van der Waals surface area contributed by atoms with Crippen LogP contribution in [0.25, 0.3) is 0 Å². The monoisotopic (exact) mass is 312 g/mol. The van der Waals surface area contributed by atoms with E-state index in [4.69, 9.17) is 4.74 Å². The molecular formula is C18H20N2O3. The molecule has 23 heavy (non-hydrogen) atoms. The quantitative estimate of drug-likeness (QED) is 0.684. The summed E-state index contributed by atoms with van der Waals surface area (Å²) in [5.41, 5.74) is 1.36. The highest BCUT2D eigenvalue weighted by molar-refractivity contribution is 6.12. The summed E-state index contributed by atoms with van der Waals surface area (Å²) in [5, 5.41) is 12.2. The summed E-state index contributed by atoms with van der Waals surface area (Å²) < 4.78 is 5.41. The lowest BCUT2D eigenvalue weighted by Crippen LogP contribution is -2.42. The van der Waals surface area contributed by atoms with Gasteiger partial charge < -0.3 is 10.1 Å². The van der Waals surface area contributed by atoms with E-state index in [0.29, 0.717) is 12.2 Å². The molecule has 2 aliphatic rings. The second kappa shape index (κ2) is 6.82. The molecule has 1 saturated carbocycles. The van der Waals surface area contributed by atoms with E-state index in [1.165, 1.54) is 6.42 Å². The molecule has 0 aromatic heterocycles. The predicted octanol–water partition coefficient (Wildman–Crippen LogP) is 2.39. The second-order valence-electron chi connectivity index (χ2n) is 6.19. The van der Waals surface area contributed by atoms with E-state index >= 15 is 0 Å². The van der Waals surface area contributed by atoms with Crippen LogP contribution in [0, 0.1) is 17.2 Å². The van der Waals surface area contributed by atoms with Gasteiger partial charge in [0.2, 0.25) is 5.91 Å². The highest BCUT2D eigenvalue weighted by Crippen LogP contribution is 2.27. The SMILES string of the molecule is N#CC(C(=O)NC1CCCCC1)C(=O)c1ccc2c(c1)CCO2. The molecule has 1 fully saturated rings. The van der Waals surface area contributed by atoms with Gasteiger partial charge in [-0.1, -0.05) is 19.3 Å². The van der Waals surface area contributed by atoms with E-state index in [9.17, 15) is 14.9 Å². The standard InChI is InChI=1S/C18H20N2O3/c19-11-15(18(22)20-14-4-2-1-3-5-14)17(21)13-6-7-16-12(10-13)8-9-23-16/h6-7,10,14-15H,1-5,8-9H2,(H,20,22). The molecule has 120 valence electrons. The van der Waals surface area contributed by atoms with Crippen LogP contribution < -0.4 is 10.1 Å². The molecule has 1 aliphatic heterocycles. The third-order valence-electron chi connectivity index (χ3n) is 4.58. The molecule has 1 unspecified atom stereocenters. The molecular weight excluding hydrogens is 292 g/mol. The minimum absolute atomic E-state index is 0.0910. The number of ketones is 1.